The third kappa shape index (κ3) is 3.82. The average Bonchev–Trinajstić information content (AvgIpc) is 2.26. The van der Waals surface area contributed by atoms with Gasteiger partial charge in [-0.2, -0.15) is 0 Å². The van der Waals surface area contributed by atoms with Crippen molar-refractivity contribution in [1.29, 1.82) is 0 Å². The number of carbonyl (C=O) groups is 1. The van der Waals surface area contributed by atoms with Crippen LogP contribution < -0.4 is 5.73 Å². The van der Waals surface area contributed by atoms with Crippen molar-refractivity contribution in [2.75, 3.05) is 19.8 Å². The van der Waals surface area contributed by atoms with Crippen LogP contribution in [0.25, 0.3) is 0 Å². The van der Waals surface area contributed by atoms with E-state index in [0.29, 0.717) is 12.1 Å². The number of hydrogen-bond donors (Lipinski definition) is 1. The molecule has 0 heterocycles. The summed E-state index contributed by atoms with van der Waals surface area (Å²) in [6, 6.07) is 5.88. The van der Waals surface area contributed by atoms with E-state index in [0.717, 1.165) is 6.26 Å². The van der Waals surface area contributed by atoms with Crippen molar-refractivity contribution in [3.05, 3.63) is 29.8 Å². The Morgan fingerprint density at radius 3 is 2.56 bits per heavy atom. The van der Waals surface area contributed by atoms with Gasteiger partial charge in [-0.25, -0.2) is 8.42 Å². The number of benzene rings is 1. The van der Waals surface area contributed by atoms with E-state index in [4.69, 9.17) is 5.73 Å². The third-order valence-electron chi connectivity index (χ3n) is 2.42. The highest BCUT2D eigenvalue weighted by molar-refractivity contribution is 7.90. The molecule has 0 saturated carbocycles. The van der Waals surface area contributed by atoms with Crippen molar-refractivity contribution in [2.24, 2.45) is 5.73 Å². The number of sulfone groups is 1. The fourth-order valence-corrected chi connectivity index (χ4v) is 2.26. The van der Waals surface area contributed by atoms with Crippen LogP contribution in [-0.2, 0) is 9.84 Å². The smallest absolute Gasteiger partial charge is 0.253 e. The van der Waals surface area contributed by atoms with Crippen molar-refractivity contribution in [3.8, 4) is 0 Å². The van der Waals surface area contributed by atoms with Gasteiger partial charge in [-0.15, -0.1) is 0 Å². The number of likely N-dealkylation sites (N-methyl/N-ethyl adjacent to an activating group) is 1. The molecule has 0 aromatic heterocycles. The zero-order valence-corrected chi connectivity index (χ0v) is 11.6. The van der Waals surface area contributed by atoms with E-state index in [-0.39, 0.29) is 16.8 Å². The van der Waals surface area contributed by atoms with E-state index in [1.54, 1.807) is 26.1 Å². The summed E-state index contributed by atoms with van der Waals surface area (Å²) in [5, 5.41) is 0. The van der Waals surface area contributed by atoms with Crippen LogP contribution in [0.3, 0.4) is 0 Å². The lowest BCUT2D eigenvalue weighted by Gasteiger charge is -2.19. The molecular formula is C12H18N2O3S. The van der Waals surface area contributed by atoms with Gasteiger partial charge in [-0.1, -0.05) is 6.07 Å². The second-order valence-corrected chi connectivity index (χ2v) is 6.48. The second-order valence-electron chi connectivity index (χ2n) is 4.46. The minimum absolute atomic E-state index is 0.128. The largest absolute Gasteiger partial charge is 0.340 e. The van der Waals surface area contributed by atoms with E-state index in [1.165, 1.54) is 17.0 Å². The Balaban J connectivity index is 3.01. The van der Waals surface area contributed by atoms with Gasteiger partial charge in [-0.05, 0) is 25.1 Å². The van der Waals surface area contributed by atoms with Crippen LogP contribution in [0.2, 0.25) is 0 Å². The zero-order valence-electron chi connectivity index (χ0n) is 10.8. The van der Waals surface area contributed by atoms with Gasteiger partial charge in [0.2, 0.25) is 0 Å². The Morgan fingerprint density at radius 1 is 1.44 bits per heavy atom. The number of carbonyl (C=O) groups excluding carboxylic acids is 1. The van der Waals surface area contributed by atoms with Crippen molar-refractivity contribution >= 4 is 15.7 Å². The lowest BCUT2D eigenvalue weighted by molar-refractivity contribution is 0.0788. The fraction of sp³-hybridized carbons (Fsp3) is 0.417. The Labute approximate surface area is 108 Å². The lowest BCUT2D eigenvalue weighted by Crippen LogP contribution is -2.37. The molecule has 1 aromatic carbocycles. The first-order chi connectivity index (χ1) is 8.21. The van der Waals surface area contributed by atoms with Crippen molar-refractivity contribution in [3.63, 3.8) is 0 Å². The normalized spacial score (nSPS) is 13.1. The maximum absolute atomic E-state index is 12.0. The molecule has 1 unspecified atom stereocenters. The Morgan fingerprint density at radius 2 is 2.06 bits per heavy atom. The lowest BCUT2D eigenvalue weighted by atomic mass is 10.2. The predicted molar refractivity (Wildman–Crippen MR) is 70.2 cm³/mol. The van der Waals surface area contributed by atoms with E-state index >= 15 is 0 Å². The van der Waals surface area contributed by atoms with Crippen LogP contribution in [-0.4, -0.2) is 45.1 Å². The van der Waals surface area contributed by atoms with Gasteiger partial charge < -0.3 is 10.6 Å². The first-order valence-electron chi connectivity index (χ1n) is 5.53. The topological polar surface area (TPSA) is 80.5 Å². The summed E-state index contributed by atoms with van der Waals surface area (Å²) < 4.78 is 22.8. The van der Waals surface area contributed by atoms with E-state index in [2.05, 4.69) is 0 Å². The van der Waals surface area contributed by atoms with Gasteiger partial charge in [0.1, 0.15) is 0 Å². The maximum atomic E-state index is 12.0. The van der Waals surface area contributed by atoms with Gasteiger partial charge in [0, 0.05) is 31.5 Å². The second kappa shape index (κ2) is 5.49. The van der Waals surface area contributed by atoms with Gasteiger partial charge in [-0.3, -0.25) is 4.79 Å². The van der Waals surface area contributed by atoms with Gasteiger partial charge in [0.25, 0.3) is 5.91 Å². The monoisotopic (exact) mass is 270 g/mol. The zero-order chi connectivity index (χ0) is 13.9. The first kappa shape index (κ1) is 14.7. The minimum Gasteiger partial charge on any atom is -0.340 e. The molecule has 1 atom stereocenters. The van der Waals surface area contributed by atoms with E-state index < -0.39 is 9.84 Å². The number of hydrogen-bond acceptors (Lipinski definition) is 4. The van der Waals surface area contributed by atoms with Crippen LogP contribution in [0.15, 0.2) is 29.2 Å². The maximum Gasteiger partial charge on any atom is 0.253 e. The van der Waals surface area contributed by atoms with Crippen molar-refractivity contribution in [1.82, 2.24) is 4.90 Å². The molecule has 100 valence electrons. The number of amides is 1. The number of nitrogens with zero attached hydrogens (tertiary/aromatic N) is 1. The highest BCUT2D eigenvalue weighted by atomic mass is 32.2. The highest BCUT2D eigenvalue weighted by Crippen LogP contribution is 2.12. The van der Waals surface area contributed by atoms with Crippen LogP contribution in [0.4, 0.5) is 0 Å². The van der Waals surface area contributed by atoms with E-state index in [9.17, 15) is 13.2 Å². The molecule has 0 aliphatic carbocycles. The molecule has 1 rings (SSSR count). The molecule has 5 nitrogen and oxygen atoms in total. The average molecular weight is 270 g/mol. The third-order valence-corrected chi connectivity index (χ3v) is 3.53. The molecule has 0 fully saturated rings. The SMILES string of the molecule is CC(N)CN(C)C(=O)c1cccc(S(C)(=O)=O)c1. The molecule has 6 heteroatoms. The van der Waals surface area contributed by atoms with E-state index in [1.807, 2.05) is 0 Å². The summed E-state index contributed by atoms with van der Waals surface area (Å²) in [5.41, 5.74) is 5.97. The van der Waals surface area contributed by atoms with Crippen LogP contribution in [0.1, 0.15) is 17.3 Å². The number of rotatable bonds is 4. The summed E-state index contributed by atoms with van der Waals surface area (Å²) >= 11 is 0. The molecule has 1 aromatic rings. The molecule has 1 amide bonds. The molecule has 0 saturated heterocycles. The molecule has 2 N–H and O–H groups in total. The van der Waals surface area contributed by atoms with Crippen LogP contribution >= 0.6 is 0 Å². The quantitative estimate of drug-likeness (QED) is 0.864. The number of nitrogens with two attached hydrogens (primary N) is 1. The Kier molecular flexibility index (Phi) is 4.48. The molecule has 0 aliphatic heterocycles. The molecule has 0 radical (unpaired) electrons. The van der Waals surface area contributed by atoms with Gasteiger partial charge >= 0.3 is 0 Å². The molecular weight excluding hydrogens is 252 g/mol. The summed E-state index contributed by atoms with van der Waals surface area (Å²) in [6.07, 6.45) is 1.11. The Hall–Kier alpha value is -1.40. The van der Waals surface area contributed by atoms with Crippen molar-refractivity contribution < 1.29 is 13.2 Å². The van der Waals surface area contributed by atoms with Crippen LogP contribution in [0.5, 0.6) is 0 Å². The summed E-state index contributed by atoms with van der Waals surface area (Å²) in [7, 11) is -1.67. The molecule has 0 spiro atoms. The van der Waals surface area contributed by atoms with Gasteiger partial charge in [0.15, 0.2) is 9.84 Å². The van der Waals surface area contributed by atoms with Crippen molar-refractivity contribution in [2.45, 2.75) is 17.9 Å². The highest BCUT2D eigenvalue weighted by Gasteiger charge is 2.15. The van der Waals surface area contributed by atoms with Crippen LogP contribution in [0, 0.1) is 0 Å². The summed E-state index contributed by atoms with van der Waals surface area (Å²) in [6.45, 7) is 2.22. The summed E-state index contributed by atoms with van der Waals surface area (Å²) in [4.78, 5) is 13.7. The summed E-state index contributed by atoms with van der Waals surface area (Å²) in [5.74, 6) is -0.238. The fourth-order valence-electron chi connectivity index (χ4n) is 1.60. The first-order valence-corrected chi connectivity index (χ1v) is 7.42. The molecule has 0 aliphatic rings. The molecule has 18 heavy (non-hydrogen) atoms. The standard InChI is InChI=1S/C12H18N2O3S/c1-9(13)8-14(2)12(15)10-5-4-6-11(7-10)18(3,16)17/h4-7,9H,8,13H2,1-3H3. The predicted octanol–water partition coefficient (Wildman–Crippen LogP) is 0.509. The Bertz CT molecular complexity index is 538. The van der Waals surface area contributed by atoms with Gasteiger partial charge in [0.05, 0.1) is 4.90 Å². The minimum atomic E-state index is -3.30. The molecule has 0 bridgehead atoms.